The Morgan fingerprint density at radius 2 is 1.73 bits per heavy atom. The summed E-state index contributed by atoms with van der Waals surface area (Å²) in [6.07, 6.45) is 0. The molecule has 4 rings (SSSR count). The number of sulfonamides is 1. The second kappa shape index (κ2) is 8.55. The smallest absolute Gasteiger partial charge is 0.243 e. The highest BCUT2D eigenvalue weighted by molar-refractivity contribution is 7.89. The van der Waals surface area contributed by atoms with Crippen LogP contribution in [0.2, 0.25) is 0 Å². The molecule has 2 heterocycles. The van der Waals surface area contributed by atoms with E-state index in [0.29, 0.717) is 55.1 Å². The van der Waals surface area contributed by atoms with Crippen molar-refractivity contribution >= 4 is 10.0 Å². The van der Waals surface area contributed by atoms with Crippen LogP contribution in [0, 0.1) is 6.92 Å². The molecule has 158 valence electrons. The molecule has 9 heteroatoms. The van der Waals surface area contributed by atoms with Gasteiger partial charge in [-0.25, -0.2) is 8.42 Å². The van der Waals surface area contributed by atoms with Crippen molar-refractivity contribution in [3.63, 3.8) is 0 Å². The third-order valence-electron chi connectivity index (χ3n) is 5.16. The maximum Gasteiger partial charge on any atom is 0.243 e. The number of aromatic nitrogens is 2. The van der Waals surface area contributed by atoms with Crippen molar-refractivity contribution in [2.45, 2.75) is 18.4 Å². The Balaban J connectivity index is 1.39. The predicted molar refractivity (Wildman–Crippen MR) is 112 cm³/mol. The van der Waals surface area contributed by atoms with Crippen LogP contribution >= 0.6 is 0 Å². The largest absolute Gasteiger partial charge is 0.496 e. The van der Waals surface area contributed by atoms with Crippen molar-refractivity contribution in [1.82, 2.24) is 19.3 Å². The molecule has 2 aromatic carbocycles. The van der Waals surface area contributed by atoms with Gasteiger partial charge in [-0.3, -0.25) is 4.90 Å². The summed E-state index contributed by atoms with van der Waals surface area (Å²) in [5.41, 5.74) is 1.80. The van der Waals surface area contributed by atoms with Crippen LogP contribution in [-0.2, 0) is 16.6 Å². The van der Waals surface area contributed by atoms with Crippen LogP contribution in [0.15, 0.2) is 57.9 Å². The molecule has 8 nitrogen and oxygen atoms in total. The molecule has 0 N–H and O–H groups in total. The fourth-order valence-electron chi connectivity index (χ4n) is 3.44. The zero-order chi connectivity index (χ0) is 21.1. The third kappa shape index (κ3) is 4.23. The summed E-state index contributed by atoms with van der Waals surface area (Å²) in [5, 5.41) is 4.06. The minimum Gasteiger partial charge on any atom is -0.496 e. The van der Waals surface area contributed by atoms with E-state index in [1.807, 2.05) is 43.3 Å². The van der Waals surface area contributed by atoms with Crippen molar-refractivity contribution in [3.8, 4) is 17.1 Å². The van der Waals surface area contributed by atoms with Gasteiger partial charge in [0.2, 0.25) is 21.7 Å². The van der Waals surface area contributed by atoms with Crippen molar-refractivity contribution in [2.75, 3.05) is 33.3 Å². The van der Waals surface area contributed by atoms with Crippen LogP contribution < -0.4 is 4.74 Å². The van der Waals surface area contributed by atoms with Gasteiger partial charge in [0.05, 0.1) is 24.1 Å². The molecule has 0 aliphatic carbocycles. The number of benzene rings is 2. The van der Waals surface area contributed by atoms with Gasteiger partial charge in [0.15, 0.2) is 0 Å². The number of nitrogens with zero attached hydrogens (tertiary/aromatic N) is 4. The third-order valence-corrected chi connectivity index (χ3v) is 7.08. The van der Waals surface area contributed by atoms with Crippen LogP contribution in [0.25, 0.3) is 11.4 Å². The van der Waals surface area contributed by atoms with Crippen molar-refractivity contribution in [2.24, 2.45) is 0 Å². The van der Waals surface area contributed by atoms with E-state index in [9.17, 15) is 8.42 Å². The molecule has 0 atom stereocenters. The van der Waals surface area contributed by atoms with E-state index in [0.717, 1.165) is 11.1 Å². The highest BCUT2D eigenvalue weighted by atomic mass is 32.2. The van der Waals surface area contributed by atoms with Gasteiger partial charge in [0, 0.05) is 26.2 Å². The summed E-state index contributed by atoms with van der Waals surface area (Å²) < 4.78 is 38.0. The summed E-state index contributed by atoms with van der Waals surface area (Å²) in [4.78, 5) is 6.92. The first kappa shape index (κ1) is 20.5. The van der Waals surface area contributed by atoms with Crippen LogP contribution in [0.1, 0.15) is 11.5 Å². The number of para-hydroxylation sites is 1. The fraction of sp³-hybridized carbons (Fsp3) is 0.333. The molecule has 0 amide bonds. The van der Waals surface area contributed by atoms with E-state index in [1.165, 1.54) is 4.31 Å². The highest BCUT2D eigenvalue weighted by Crippen LogP contribution is 2.27. The monoisotopic (exact) mass is 428 g/mol. The second-order valence-corrected chi connectivity index (χ2v) is 9.14. The number of hydrogen-bond donors (Lipinski definition) is 0. The maximum atomic E-state index is 12.8. The topological polar surface area (TPSA) is 88.8 Å². The van der Waals surface area contributed by atoms with Gasteiger partial charge in [-0.1, -0.05) is 35.0 Å². The van der Waals surface area contributed by atoms with E-state index < -0.39 is 10.0 Å². The van der Waals surface area contributed by atoms with E-state index in [1.54, 1.807) is 19.2 Å². The molecule has 0 bridgehead atoms. The average Bonchev–Trinajstić information content (AvgIpc) is 3.22. The number of piperazine rings is 1. The Morgan fingerprint density at radius 3 is 2.43 bits per heavy atom. The van der Waals surface area contributed by atoms with Gasteiger partial charge < -0.3 is 9.26 Å². The number of ether oxygens (including phenoxy) is 1. The highest BCUT2D eigenvalue weighted by Gasteiger charge is 2.29. The Kier molecular flexibility index (Phi) is 5.85. The lowest BCUT2D eigenvalue weighted by atomic mass is 10.2. The van der Waals surface area contributed by atoms with Crippen LogP contribution in [0.5, 0.6) is 5.75 Å². The van der Waals surface area contributed by atoms with Crippen molar-refractivity contribution in [1.29, 1.82) is 0 Å². The van der Waals surface area contributed by atoms with Gasteiger partial charge in [0.1, 0.15) is 5.75 Å². The minimum absolute atomic E-state index is 0.333. The molecular weight excluding hydrogens is 404 g/mol. The lowest BCUT2D eigenvalue weighted by Crippen LogP contribution is -2.48. The summed E-state index contributed by atoms with van der Waals surface area (Å²) in [6, 6.07) is 14.5. The summed E-state index contributed by atoms with van der Waals surface area (Å²) in [5.74, 6) is 1.65. The zero-order valence-electron chi connectivity index (χ0n) is 17.0. The van der Waals surface area contributed by atoms with Gasteiger partial charge in [-0.05, 0) is 31.2 Å². The molecule has 1 saturated heterocycles. The van der Waals surface area contributed by atoms with Crippen molar-refractivity contribution < 1.29 is 17.7 Å². The second-order valence-electron chi connectivity index (χ2n) is 7.21. The molecule has 0 unspecified atom stereocenters. The Labute approximate surface area is 176 Å². The molecule has 3 aromatic rings. The molecular formula is C21H24N4O4S. The van der Waals surface area contributed by atoms with Crippen LogP contribution in [0.3, 0.4) is 0 Å². The first-order valence-electron chi connectivity index (χ1n) is 9.72. The fourth-order valence-corrected chi connectivity index (χ4v) is 4.86. The number of rotatable bonds is 6. The molecule has 1 aliphatic heterocycles. The molecule has 0 radical (unpaired) electrons. The van der Waals surface area contributed by atoms with E-state index in [4.69, 9.17) is 9.26 Å². The van der Waals surface area contributed by atoms with E-state index in [2.05, 4.69) is 15.0 Å². The molecule has 1 aromatic heterocycles. The Morgan fingerprint density at radius 1 is 1.03 bits per heavy atom. The molecule has 1 aliphatic rings. The average molecular weight is 429 g/mol. The SMILES string of the molecule is COc1ccccc1-c1noc(CN2CCN(S(=O)(=O)c3ccc(C)cc3)CC2)n1. The Bertz CT molecular complexity index is 1100. The van der Waals surface area contributed by atoms with E-state index >= 15 is 0 Å². The molecule has 0 saturated carbocycles. The first-order chi connectivity index (χ1) is 14.5. The normalized spacial score (nSPS) is 15.9. The van der Waals surface area contributed by atoms with Gasteiger partial charge in [-0.15, -0.1) is 0 Å². The van der Waals surface area contributed by atoms with Gasteiger partial charge >= 0.3 is 0 Å². The predicted octanol–water partition coefficient (Wildman–Crippen LogP) is 2.56. The minimum atomic E-state index is -3.47. The van der Waals surface area contributed by atoms with Crippen LogP contribution in [0.4, 0.5) is 0 Å². The lowest BCUT2D eigenvalue weighted by Gasteiger charge is -2.33. The lowest BCUT2D eigenvalue weighted by molar-refractivity contribution is 0.163. The Hall–Kier alpha value is -2.75. The summed E-state index contributed by atoms with van der Waals surface area (Å²) in [7, 11) is -1.87. The maximum absolute atomic E-state index is 12.8. The molecule has 1 fully saturated rings. The summed E-state index contributed by atoms with van der Waals surface area (Å²) in [6.45, 7) is 4.44. The standard InChI is InChI=1S/C21H24N4O4S/c1-16-7-9-17(10-8-16)30(26,27)25-13-11-24(12-14-25)15-20-22-21(23-29-20)18-5-3-4-6-19(18)28-2/h3-10H,11-15H2,1-2H3. The van der Waals surface area contributed by atoms with Crippen molar-refractivity contribution in [3.05, 3.63) is 60.0 Å². The van der Waals surface area contributed by atoms with Crippen LogP contribution in [-0.4, -0.2) is 61.1 Å². The number of aryl methyl sites for hydroxylation is 1. The van der Waals surface area contributed by atoms with Gasteiger partial charge in [-0.2, -0.15) is 9.29 Å². The first-order valence-corrected chi connectivity index (χ1v) is 11.2. The molecule has 0 spiro atoms. The molecule has 30 heavy (non-hydrogen) atoms. The number of hydrogen-bond acceptors (Lipinski definition) is 7. The number of methoxy groups -OCH3 is 1. The van der Waals surface area contributed by atoms with E-state index in [-0.39, 0.29) is 0 Å². The quantitative estimate of drug-likeness (QED) is 0.596. The summed E-state index contributed by atoms with van der Waals surface area (Å²) >= 11 is 0. The van der Waals surface area contributed by atoms with Gasteiger partial charge in [0.25, 0.3) is 0 Å². The zero-order valence-corrected chi connectivity index (χ0v) is 17.8.